The van der Waals surface area contributed by atoms with E-state index in [1.54, 1.807) is 6.20 Å². The van der Waals surface area contributed by atoms with Crippen molar-refractivity contribution >= 4 is 17.5 Å². The molecule has 0 unspecified atom stereocenters. The van der Waals surface area contributed by atoms with Gasteiger partial charge in [0, 0.05) is 17.3 Å². The third-order valence-electron chi connectivity index (χ3n) is 3.76. The molecule has 0 aliphatic heterocycles. The minimum atomic E-state index is 0.0670. The summed E-state index contributed by atoms with van der Waals surface area (Å²) >= 11 is 0. The summed E-state index contributed by atoms with van der Waals surface area (Å²) in [5, 5.41) is 10.1. The monoisotopic (exact) mass is 322 g/mol. The zero-order valence-electron chi connectivity index (χ0n) is 14.4. The highest BCUT2D eigenvalue weighted by atomic mass is 15.2. The van der Waals surface area contributed by atoms with Gasteiger partial charge in [-0.2, -0.15) is 5.10 Å². The first-order valence-corrected chi connectivity index (χ1v) is 7.85. The van der Waals surface area contributed by atoms with Gasteiger partial charge < -0.3 is 11.1 Å². The smallest absolute Gasteiger partial charge is 0.153 e. The number of anilines is 3. The highest BCUT2D eigenvalue weighted by molar-refractivity contribution is 5.72. The van der Waals surface area contributed by atoms with E-state index < -0.39 is 0 Å². The van der Waals surface area contributed by atoms with Crippen LogP contribution >= 0.6 is 0 Å². The van der Waals surface area contributed by atoms with Crippen molar-refractivity contribution < 1.29 is 0 Å². The molecule has 124 valence electrons. The lowest BCUT2D eigenvalue weighted by molar-refractivity contribution is 0.590. The van der Waals surface area contributed by atoms with Crippen LogP contribution in [-0.4, -0.2) is 20.2 Å². The van der Waals surface area contributed by atoms with E-state index in [4.69, 9.17) is 5.73 Å². The summed E-state index contributed by atoms with van der Waals surface area (Å²) in [4.78, 5) is 8.88. The first-order valence-electron chi connectivity index (χ1n) is 7.85. The third-order valence-corrected chi connectivity index (χ3v) is 3.76. The summed E-state index contributed by atoms with van der Waals surface area (Å²) < 4.78 is 0. The highest BCUT2D eigenvalue weighted by Gasteiger charge is 2.15. The molecule has 2 aromatic heterocycles. The van der Waals surface area contributed by atoms with Crippen LogP contribution in [0.3, 0.4) is 0 Å². The number of nitrogen functional groups attached to an aromatic ring is 1. The first-order chi connectivity index (χ1) is 11.3. The van der Waals surface area contributed by atoms with Gasteiger partial charge in [0.15, 0.2) is 17.5 Å². The Morgan fingerprint density at radius 3 is 2.54 bits per heavy atom. The number of H-pyrrole nitrogens is 1. The van der Waals surface area contributed by atoms with Crippen LogP contribution in [0.5, 0.6) is 0 Å². The van der Waals surface area contributed by atoms with Crippen molar-refractivity contribution in [3.05, 3.63) is 47.8 Å². The predicted octanol–water partition coefficient (Wildman–Crippen LogP) is 3.80. The summed E-state index contributed by atoms with van der Waals surface area (Å²) in [5.41, 5.74) is 10.0. The van der Waals surface area contributed by atoms with Gasteiger partial charge in [0.05, 0.1) is 6.20 Å². The van der Waals surface area contributed by atoms with Crippen LogP contribution in [0, 0.1) is 6.92 Å². The SMILES string of the molecule is Cc1cc(Nc2cnc(-c3cccc(C(C)(C)C)c3)c(N)n2)n[nH]1. The van der Waals surface area contributed by atoms with Crippen LogP contribution in [0.25, 0.3) is 11.3 Å². The van der Waals surface area contributed by atoms with Crippen LogP contribution in [-0.2, 0) is 5.41 Å². The fourth-order valence-electron chi connectivity index (χ4n) is 2.43. The Morgan fingerprint density at radius 2 is 1.92 bits per heavy atom. The zero-order valence-corrected chi connectivity index (χ0v) is 14.4. The minimum absolute atomic E-state index is 0.0670. The number of aromatic nitrogens is 4. The molecule has 24 heavy (non-hydrogen) atoms. The number of hydrogen-bond acceptors (Lipinski definition) is 5. The summed E-state index contributed by atoms with van der Waals surface area (Å²) in [6.07, 6.45) is 1.67. The van der Waals surface area contributed by atoms with Gasteiger partial charge >= 0.3 is 0 Å². The predicted molar refractivity (Wildman–Crippen MR) is 97.2 cm³/mol. The average molecular weight is 322 g/mol. The summed E-state index contributed by atoms with van der Waals surface area (Å²) in [5.74, 6) is 1.64. The number of aromatic amines is 1. The standard InChI is InChI=1S/C18H22N6/c1-11-8-14(24-23-11)21-15-10-20-16(17(19)22-15)12-6-5-7-13(9-12)18(2,3)4/h5-10H,1-4H3,(H4,19,21,22,23,24). The normalized spacial score (nSPS) is 11.5. The van der Waals surface area contributed by atoms with Gasteiger partial charge in [-0.3, -0.25) is 5.10 Å². The Morgan fingerprint density at radius 1 is 1.12 bits per heavy atom. The maximum absolute atomic E-state index is 6.13. The lowest BCUT2D eigenvalue weighted by Gasteiger charge is -2.19. The number of aryl methyl sites for hydroxylation is 1. The number of rotatable bonds is 3. The Hall–Kier alpha value is -2.89. The van der Waals surface area contributed by atoms with Crippen molar-refractivity contribution in [3.8, 4) is 11.3 Å². The summed E-state index contributed by atoms with van der Waals surface area (Å²) in [6, 6.07) is 10.1. The molecule has 1 aromatic carbocycles. The molecule has 2 heterocycles. The van der Waals surface area contributed by atoms with Crippen LogP contribution < -0.4 is 11.1 Å². The molecule has 0 atom stereocenters. The second kappa shape index (κ2) is 5.96. The topological polar surface area (TPSA) is 92.5 Å². The van der Waals surface area contributed by atoms with Gasteiger partial charge in [-0.05, 0) is 24.0 Å². The Kier molecular flexibility index (Phi) is 3.97. The summed E-state index contributed by atoms with van der Waals surface area (Å²) in [7, 11) is 0. The quantitative estimate of drug-likeness (QED) is 0.682. The van der Waals surface area contributed by atoms with Gasteiger partial charge in [0.2, 0.25) is 0 Å². The maximum Gasteiger partial charge on any atom is 0.153 e. The van der Waals surface area contributed by atoms with E-state index in [1.165, 1.54) is 5.56 Å². The molecule has 3 rings (SSSR count). The van der Waals surface area contributed by atoms with Crippen molar-refractivity contribution in [2.45, 2.75) is 33.1 Å². The van der Waals surface area contributed by atoms with Crippen molar-refractivity contribution in [1.82, 2.24) is 20.2 Å². The number of nitrogens with one attached hydrogen (secondary N) is 2. The molecule has 0 amide bonds. The zero-order chi connectivity index (χ0) is 17.3. The largest absolute Gasteiger partial charge is 0.382 e. The molecule has 4 N–H and O–H groups in total. The number of nitrogens with two attached hydrogens (primary N) is 1. The van der Waals surface area contributed by atoms with E-state index in [9.17, 15) is 0 Å². The van der Waals surface area contributed by atoms with Crippen molar-refractivity contribution in [2.24, 2.45) is 0 Å². The van der Waals surface area contributed by atoms with Gasteiger partial charge in [-0.15, -0.1) is 0 Å². The van der Waals surface area contributed by atoms with Crippen LogP contribution in [0.1, 0.15) is 32.0 Å². The number of hydrogen-bond donors (Lipinski definition) is 3. The third kappa shape index (κ3) is 3.37. The first kappa shape index (κ1) is 16.0. The molecule has 0 bridgehead atoms. The van der Waals surface area contributed by atoms with E-state index in [1.807, 2.05) is 25.1 Å². The molecule has 6 heteroatoms. The van der Waals surface area contributed by atoms with Gasteiger partial charge in [0.25, 0.3) is 0 Å². The van der Waals surface area contributed by atoms with Crippen molar-refractivity contribution in [1.29, 1.82) is 0 Å². The van der Waals surface area contributed by atoms with Crippen molar-refractivity contribution in [3.63, 3.8) is 0 Å². The van der Waals surface area contributed by atoms with Gasteiger partial charge in [0.1, 0.15) is 5.69 Å². The number of benzene rings is 1. The van der Waals surface area contributed by atoms with E-state index in [0.717, 1.165) is 11.3 Å². The molecule has 0 saturated carbocycles. The number of nitrogens with zero attached hydrogens (tertiary/aromatic N) is 3. The van der Waals surface area contributed by atoms with Crippen LogP contribution in [0.2, 0.25) is 0 Å². The molecule has 0 radical (unpaired) electrons. The van der Waals surface area contributed by atoms with Crippen LogP contribution in [0.15, 0.2) is 36.5 Å². The molecule has 0 spiro atoms. The highest BCUT2D eigenvalue weighted by Crippen LogP contribution is 2.29. The molecule has 0 aliphatic rings. The molecule has 6 nitrogen and oxygen atoms in total. The Balaban J connectivity index is 1.90. The second-order valence-corrected chi connectivity index (χ2v) is 6.88. The minimum Gasteiger partial charge on any atom is -0.382 e. The van der Waals surface area contributed by atoms with Gasteiger partial charge in [-0.1, -0.05) is 39.0 Å². The Labute approximate surface area is 141 Å². The maximum atomic E-state index is 6.13. The molecule has 0 fully saturated rings. The van der Waals surface area contributed by atoms with E-state index in [2.05, 4.69) is 58.4 Å². The van der Waals surface area contributed by atoms with Crippen molar-refractivity contribution in [2.75, 3.05) is 11.1 Å². The van der Waals surface area contributed by atoms with E-state index >= 15 is 0 Å². The van der Waals surface area contributed by atoms with E-state index in [0.29, 0.717) is 23.1 Å². The molecular formula is C18H22N6. The average Bonchev–Trinajstić information content (AvgIpc) is 2.92. The molecule has 0 aliphatic carbocycles. The van der Waals surface area contributed by atoms with Crippen LogP contribution in [0.4, 0.5) is 17.5 Å². The fraction of sp³-hybridized carbons (Fsp3) is 0.278. The second-order valence-electron chi connectivity index (χ2n) is 6.88. The fourth-order valence-corrected chi connectivity index (χ4v) is 2.43. The summed E-state index contributed by atoms with van der Waals surface area (Å²) in [6.45, 7) is 8.48. The molecule has 3 aromatic rings. The van der Waals surface area contributed by atoms with E-state index in [-0.39, 0.29) is 5.41 Å². The van der Waals surface area contributed by atoms with Gasteiger partial charge in [-0.25, -0.2) is 9.97 Å². The lowest BCUT2D eigenvalue weighted by Crippen LogP contribution is -2.11. The lowest BCUT2D eigenvalue weighted by atomic mass is 9.86. The molecular weight excluding hydrogens is 300 g/mol. The molecule has 0 saturated heterocycles. The Bertz CT molecular complexity index is 860.